The molecule has 0 spiro atoms. The number of nitrogens with zero attached hydrogens (tertiary/aromatic N) is 3. The highest BCUT2D eigenvalue weighted by Gasteiger charge is 2.38. The van der Waals surface area contributed by atoms with Crippen molar-refractivity contribution in [2.45, 2.75) is 31.7 Å². The van der Waals surface area contributed by atoms with Crippen LogP contribution in [0.3, 0.4) is 0 Å². The Bertz CT molecular complexity index is 544. The van der Waals surface area contributed by atoms with Gasteiger partial charge < -0.3 is 9.64 Å². The van der Waals surface area contributed by atoms with Crippen molar-refractivity contribution < 1.29 is 17.9 Å². The van der Waals surface area contributed by atoms with Crippen molar-refractivity contribution in [2.75, 3.05) is 58.7 Å². The fourth-order valence-electron chi connectivity index (χ4n) is 3.59. The van der Waals surface area contributed by atoms with E-state index < -0.39 is 10.0 Å². The van der Waals surface area contributed by atoms with E-state index in [2.05, 4.69) is 4.90 Å². The van der Waals surface area contributed by atoms with Crippen LogP contribution in [0.2, 0.25) is 0 Å². The number of amides is 1. The average molecular weight is 359 g/mol. The molecule has 1 atom stereocenters. The van der Waals surface area contributed by atoms with Gasteiger partial charge in [-0.1, -0.05) is 0 Å². The topological polar surface area (TPSA) is 70.2 Å². The second-order valence-corrected chi connectivity index (χ2v) is 9.16. The van der Waals surface area contributed by atoms with E-state index in [-0.39, 0.29) is 17.9 Å². The molecule has 0 aromatic carbocycles. The molecule has 138 valence electrons. The van der Waals surface area contributed by atoms with E-state index in [0.29, 0.717) is 19.6 Å². The third kappa shape index (κ3) is 4.68. The van der Waals surface area contributed by atoms with Crippen molar-refractivity contribution in [1.82, 2.24) is 14.1 Å². The molecule has 0 bridgehead atoms. The van der Waals surface area contributed by atoms with Gasteiger partial charge in [-0.2, -0.15) is 0 Å². The van der Waals surface area contributed by atoms with Crippen LogP contribution in [-0.2, 0) is 19.6 Å². The highest BCUT2D eigenvalue weighted by atomic mass is 32.2. The Morgan fingerprint density at radius 1 is 1.17 bits per heavy atom. The maximum absolute atomic E-state index is 12.7. The van der Waals surface area contributed by atoms with Crippen LogP contribution >= 0.6 is 0 Å². The number of piperidine rings is 1. The van der Waals surface area contributed by atoms with E-state index in [0.717, 1.165) is 58.5 Å². The van der Waals surface area contributed by atoms with Gasteiger partial charge in [-0.25, -0.2) is 12.7 Å². The molecule has 2 heterocycles. The molecule has 24 heavy (non-hydrogen) atoms. The van der Waals surface area contributed by atoms with Crippen LogP contribution in [0.5, 0.6) is 0 Å². The molecule has 1 amide bonds. The number of carbonyl (C=O) groups excluding carboxylic acids is 1. The summed E-state index contributed by atoms with van der Waals surface area (Å²) in [4.78, 5) is 17.1. The standard InChI is InChI=1S/C16H29N3O4S/c1-24(21,22)18-6-2-3-15(13-18)19(16(20)14-4-5-14)8-7-17-9-11-23-12-10-17/h14-15H,2-13H2,1H3. The molecule has 0 N–H and O–H groups in total. The van der Waals surface area contributed by atoms with Crippen LogP contribution in [0.15, 0.2) is 0 Å². The second-order valence-electron chi connectivity index (χ2n) is 7.18. The SMILES string of the molecule is CS(=O)(=O)N1CCCC(N(CCN2CCOCC2)C(=O)C2CC2)C1. The van der Waals surface area contributed by atoms with Crippen LogP contribution < -0.4 is 0 Å². The van der Waals surface area contributed by atoms with E-state index in [1.807, 2.05) is 4.90 Å². The summed E-state index contributed by atoms with van der Waals surface area (Å²) in [6.07, 6.45) is 4.94. The zero-order valence-corrected chi connectivity index (χ0v) is 15.3. The lowest BCUT2D eigenvalue weighted by Crippen LogP contribution is -2.54. The lowest BCUT2D eigenvalue weighted by Gasteiger charge is -2.39. The first-order valence-corrected chi connectivity index (χ1v) is 10.9. The van der Waals surface area contributed by atoms with Crippen molar-refractivity contribution in [3.63, 3.8) is 0 Å². The van der Waals surface area contributed by atoms with Crippen molar-refractivity contribution in [3.05, 3.63) is 0 Å². The maximum atomic E-state index is 12.7. The van der Waals surface area contributed by atoms with E-state index >= 15 is 0 Å². The zero-order valence-electron chi connectivity index (χ0n) is 14.5. The molecule has 1 aliphatic carbocycles. The minimum atomic E-state index is -3.19. The first-order chi connectivity index (χ1) is 11.4. The summed E-state index contributed by atoms with van der Waals surface area (Å²) in [6.45, 7) is 5.88. The maximum Gasteiger partial charge on any atom is 0.226 e. The fourth-order valence-corrected chi connectivity index (χ4v) is 4.49. The minimum Gasteiger partial charge on any atom is -0.379 e. The molecule has 2 saturated heterocycles. The number of ether oxygens (including phenoxy) is 1. The van der Waals surface area contributed by atoms with Gasteiger partial charge in [-0.3, -0.25) is 9.69 Å². The molecular weight excluding hydrogens is 330 g/mol. The van der Waals surface area contributed by atoms with Gasteiger partial charge >= 0.3 is 0 Å². The van der Waals surface area contributed by atoms with Gasteiger partial charge in [0.2, 0.25) is 15.9 Å². The Labute approximate surface area is 145 Å². The van der Waals surface area contributed by atoms with Gasteiger partial charge in [-0.15, -0.1) is 0 Å². The summed E-state index contributed by atoms with van der Waals surface area (Å²) in [5, 5.41) is 0. The summed E-state index contributed by atoms with van der Waals surface area (Å²) in [5.74, 6) is 0.395. The molecular formula is C16H29N3O4S. The summed E-state index contributed by atoms with van der Waals surface area (Å²) >= 11 is 0. The van der Waals surface area contributed by atoms with E-state index in [9.17, 15) is 13.2 Å². The van der Waals surface area contributed by atoms with Gasteiger partial charge in [0.25, 0.3) is 0 Å². The monoisotopic (exact) mass is 359 g/mol. The third-order valence-electron chi connectivity index (χ3n) is 5.24. The van der Waals surface area contributed by atoms with Crippen molar-refractivity contribution in [1.29, 1.82) is 0 Å². The largest absolute Gasteiger partial charge is 0.379 e. The lowest BCUT2D eigenvalue weighted by molar-refractivity contribution is -0.136. The van der Waals surface area contributed by atoms with Crippen LogP contribution in [0.1, 0.15) is 25.7 Å². The van der Waals surface area contributed by atoms with Crippen LogP contribution in [0.4, 0.5) is 0 Å². The Hall–Kier alpha value is -0.700. The molecule has 1 unspecified atom stereocenters. The molecule has 0 aromatic rings. The lowest BCUT2D eigenvalue weighted by atomic mass is 10.0. The van der Waals surface area contributed by atoms with Crippen molar-refractivity contribution in [3.8, 4) is 0 Å². The van der Waals surface area contributed by atoms with Crippen molar-refractivity contribution >= 4 is 15.9 Å². The second kappa shape index (κ2) is 7.68. The average Bonchev–Trinajstić information content (AvgIpc) is 3.40. The number of rotatable bonds is 6. The molecule has 8 heteroatoms. The summed E-state index contributed by atoms with van der Waals surface area (Å²) in [6, 6.07) is 0.0163. The fraction of sp³-hybridized carbons (Fsp3) is 0.938. The molecule has 7 nitrogen and oxygen atoms in total. The van der Waals surface area contributed by atoms with Crippen LogP contribution in [0, 0.1) is 5.92 Å². The minimum absolute atomic E-state index is 0.0163. The molecule has 0 radical (unpaired) electrons. The van der Waals surface area contributed by atoms with E-state index in [1.165, 1.54) is 10.6 Å². The number of carbonyl (C=O) groups is 1. The van der Waals surface area contributed by atoms with E-state index in [1.54, 1.807) is 0 Å². The normalized spacial score (nSPS) is 27.1. The summed E-state index contributed by atoms with van der Waals surface area (Å²) in [5.41, 5.74) is 0. The summed E-state index contributed by atoms with van der Waals surface area (Å²) < 4.78 is 30.7. The van der Waals surface area contributed by atoms with Gasteiger partial charge in [0.15, 0.2) is 0 Å². The van der Waals surface area contributed by atoms with Gasteiger partial charge in [0.1, 0.15) is 0 Å². The third-order valence-corrected chi connectivity index (χ3v) is 6.51. The Morgan fingerprint density at radius 3 is 2.50 bits per heavy atom. The van der Waals surface area contributed by atoms with E-state index in [4.69, 9.17) is 4.74 Å². The van der Waals surface area contributed by atoms with Gasteiger partial charge in [0, 0.05) is 51.2 Å². The molecule has 3 rings (SSSR count). The highest BCUT2D eigenvalue weighted by Crippen LogP contribution is 2.32. The van der Waals surface area contributed by atoms with Crippen LogP contribution in [-0.4, -0.2) is 93.2 Å². The smallest absolute Gasteiger partial charge is 0.226 e. The Balaban J connectivity index is 1.63. The van der Waals surface area contributed by atoms with Gasteiger partial charge in [0.05, 0.1) is 19.5 Å². The highest BCUT2D eigenvalue weighted by molar-refractivity contribution is 7.88. The van der Waals surface area contributed by atoms with Crippen molar-refractivity contribution in [2.24, 2.45) is 5.92 Å². The molecule has 3 fully saturated rings. The Morgan fingerprint density at radius 2 is 1.88 bits per heavy atom. The Kier molecular flexibility index (Phi) is 5.79. The number of hydrogen-bond acceptors (Lipinski definition) is 5. The first-order valence-electron chi connectivity index (χ1n) is 9.01. The molecule has 3 aliphatic rings. The number of morpholine rings is 1. The zero-order chi connectivity index (χ0) is 17.2. The van der Waals surface area contributed by atoms with Crippen LogP contribution in [0.25, 0.3) is 0 Å². The quantitative estimate of drug-likeness (QED) is 0.667. The molecule has 0 aromatic heterocycles. The molecule has 2 aliphatic heterocycles. The predicted octanol–water partition coefficient (Wildman–Crippen LogP) is -0.0188. The molecule has 1 saturated carbocycles. The predicted molar refractivity (Wildman–Crippen MR) is 91.1 cm³/mol. The number of sulfonamides is 1. The number of hydrogen-bond donors (Lipinski definition) is 0. The summed E-state index contributed by atoms with van der Waals surface area (Å²) in [7, 11) is -3.19. The van der Waals surface area contributed by atoms with Gasteiger partial charge in [-0.05, 0) is 25.7 Å². The first kappa shape index (κ1) is 18.1.